The van der Waals surface area contributed by atoms with Gasteiger partial charge in [-0.1, -0.05) is 90.5 Å². The highest BCUT2D eigenvalue weighted by molar-refractivity contribution is 7.90. The zero-order chi connectivity index (χ0) is 32.9. The quantitative estimate of drug-likeness (QED) is 0.190. The standard InChI is InChI=1S/C43H29N3O2S/c1-28-18-22-31(23-19-28)49(47,48)46-42-24-20-29(44-38-14-6-2-10-32(38)33-11-3-7-15-39(33)44)26-36(42)37-27-30(21-25-43(37)46)45-40-16-8-4-12-34(40)35-13-5-9-17-41(35)45/h2-27H,1H3. The van der Waals surface area contributed by atoms with Crippen LogP contribution in [0.25, 0.3) is 76.8 Å². The van der Waals surface area contributed by atoms with E-state index in [1.54, 1.807) is 12.1 Å². The third-order valence-corrected chi connectivity index (χ3v) is 11.7. The number of benzene rings is 7. The zero-order valence-corrected chi connectivity index (χ0v) is 27.4. The normalized spacial score (nSPS) is 12.3. The van der Waals surface area contributed by atoms with Gasteiger partial charge in [-0.05, 0) is 79.7 Å². The first-order chi connectivity index (χ1) is 24.0. The second-order valence-electron chi connectivity index (χ2n) is 12.7. The molecular formula is C43H29N3O2S. The summed E-state index contributed by atoms with van der Waals surface area (Å²) in [5.74, 6) is 0. The van der Waals surface area contributed by atoms with Gasteiger partial charge in [0.15, 0.2) is 0 Å². The van der Waals surface area contributed by atoms with Crippen molar-refractivity contribution < 1.29 is 8.42 Å². The first kappa shape index (κ1) is 28.0. The lowest BCUT2D eigenvalue weighted by Crippen LogP contribution is -2.12. The SMILES string of the molecule is Cc1ccc(S(=O)(=O)n2c3ccc(-n4c5ccccc5c5ccccc54)cc3c3cc(-n4c5ccccc5c5ccccc54)ccc32)cc1. The lowest BCUT2D eigenvalue weighted by Gasteiger charge is -2.11. The van der Waals surface area contributed by atoms with E-state index in [1.807, 2.05) is 43.3 Å². The average Bonchev–Trinajstić information content (AvgIpc) is 3.77. The predicted molar refractivity (Wildman–Crippen MR) is 202 cm³/mol. The monoisotopic (exact) mass is 651 g/mol. The minimum absolute atomic E-state index is 0.259. The van der Waals surface area contributed by atoms with Gasteiger partial charge in [0.25, 0.3) is 10.0 Å². The van der Waals surface area contributed by atoms with Gasteiger partial charge in [-0.25, -0.2) is 12.4 Å². The predicted octanol–water partition coefficient (Wildman–Crippen LogP) is 10.5. The van der Waals surface area contributed by atoms with Crippen LogP contribution in [0.1, 0.15) is 5.56 Å². The summed E-state index contributed by atoms with van der Waals surface area (Å²) in [5, 5.41) is 6.44. The number of hydrogen-bond acceptors (Lipinski definition) is 2. The largest absolute Gasteiger partial charge is 0.309 e. The second-order valence-corrected chi connectivity index (χ2v) is 14.5. The molecule has 0 aliphatic rings. The van der Waals surface area contributed by atoms with Gasteiger partial charge in [0, 0.05) is 43.7 Å². The highest BCUT2D eigenvalue weighted by Gasteiger charge is 2.25. The highest BCUT2D eigenvalue weighted by atomic mass is 32.2. The Balaban J connectivity index is 1.31. The average molecular weight is 652 g/mol. The van der Waals surface area contributed by atoms with Crippen molar-refractivity contribution in [1.82, 2.24) is 13.1 Å². The summed E-state index contributed by atoms with van der Waals surface area (Å²) < 4.78 is 35.1. The molecule has 0 saturated heterocycles. The van der Waals surface area contributed by atoms with Gasteiger partial charge in [-0.2, -0.15) is 0 Å². The van der Waals surface area contributed by atoms with Crippen molar-refractivity contribution >= 4 is 75.4 Å². The fourth-order valence-electron chi connectivity index (χ4n) is 7.72. The summed E-state index contributed by atoms with van der Waals surface area (Å²) >= 11 is 0. The molecule has 10 rings (SSSR count). The molecule has 0 aliphatic heterocycles. The number of fused-ring (bicyclic) bond motifs is 9. The van der Waals surface area contributed by atoms with Crippen LogP contribution in [-0.4, -0.2) is 21.5 Å². The maximum Gasteiger partial charge on any atom is 0.268 e. The molecule has 0 N–H and O–H groups in total. The Bertz CT molecular complexity index is 2790. The lowest BCUT2D eigenvalue weighted by atomic mass is 10.1. The van der Waals surface area contributed by atoms with Crippen molar-refractivity contribution in [2.75, 3.05) is 0 Å². The van der Waals surface area contributed by atoms with E-state index in [2.05, 4.69) is 118 Å². The van der Waals surface area contributed by atoms with Crippen LogP contribution >= 0.6 is 0 Å². The first-order valence-electron chi connectivity index (χ1n) is 16.4. The fraction of sp³-hybridized carbons (Fsp3) is 0.0233. The van der Waals surface area contributed by atoms with Crippen LogP contribution in [-0.2, 0) is 10.0 Å². The number of nitrogens with zero attached hydrogens (tertiary/aromatic N) is 3. The van der Waals surface area contributed by atoms with E-state index in [1.165, 1.54) is 25.5 Å². The maximum absolute atomic E-state index is 14.5. The van der Waals surface area contributed by atoms with E-state index in [9.17, 15) is 8.42 Å². The van der Waals surface area contributed by atoms with Crippen molar-refractivity contribution in [3.05, 3.63) is 163 Å². The van der Waals surface area contributed by atoms with E-state index in [4.69, 9.17) is 0 Å². The van der Waals surface area contributed by atoms with Crippen molar-refractivity contribution in [2.24, 2.45) is 0 Å². The Hall–Kier alpha value is -6.11. The van der Waals surface area contributed by atoms with Gasteiger partial charge < -0.3 is 9.13 Å². The van der Waals surface area contributed by atoms with Crippen LogP contribution in [0, 0.1) is 6.92 Å². The van der Waals surface area contributed by atoms with Gasteiger partial charge in [0.1, 0.15) is 0 Å². The highest BCUT2D eigenvalue weighted by Crippen LogP contribution is 2.39. The molecule has 0 bridgehead atoms. The van der Waals surface area contributed by atoms with Crippen molar-refractivity contribution in [2.45, 2.75) is 11.8 Å². The zero-order valence-electron chi connectivity index (χ0n) is 26.6. The molecule has 7 aromatic carbocycles. The van der Waals surface area contributed by atoms with Crippen LogP contribution in [0.3, 0.4) is 0 Å². The van der Waals surface area contributed by atoms with Crippen molar-refractivity contribution in [1.29, 1.82) is 0 Å². The Morgan fingerprint density at radius 2 is 0.755 bits per heavy atom. The topological polar surface area (TPSA) is 48.9 Å². The molecule has 6 heteroatoms. The first-order valence-corrected chi connectivity index (χ1v) is 17.8. The van der Waals surface area contributed by atoms with Gasteiger partial charge in [0.2, 0.25) is 0 Å². The Morgan fingerprint density at radius 1 is 0.388 bits per heavy atom. The smallest absolute Gasteiger partial charge is 0.268 e. The number of hydrogen-bond donors (Lipinski definition) is 0. The van der Waals surface area contributed by atoms with Gasteiger partial charge >= 0.3 is 0 Å². The molecule has 49 heavy (non-hydrogen) atoms. The number of para-hydroxylation sites is 4. The molecule has 0 amide bonds. The maximum atomic E-state index is 14.5. The molecule has 0 unspecified atom stereocenters. The Labute approximate surface area is 282 Å². The summed E-state index contributed by atoms with van der Waals surface area (Å²) in [5.41, 5.74) is 8.63. The summed E-state index contributed by atoms with van der Waals surface area (Å²) in [7, 11) is -3.93. The molecule has 0 aliphatic carbocycles. The van der Waals surface area contributed by atoms with Gasteiger partial charge in [0.05, 0.1) is 38.0 Å². The molecule has 10 aromatic rings. The van der Waals surface area contributed by atoms with Crippen LogP contribution in [0.15, 0.2) is 163 Å². The van der Waals surface area contributed by atoms with Crippen LogP contribution in [0.5, 0.6) is 0 Å². The molecule has 0 saturated carbocycles. The number of aromatic nitrogens is 3. The summed E-state index contributed by atoms with van der Waals surface area (Å²) in [6.45, 7) is 1.96. The minimum atomic E-state index is -3.93. The van der Waals surface area contributed by atoms with Crippen LogP contribution < -0.4 is 0 Å². The second kappa shape index (κ2) is 10.2. The van der Waals surface area contributed by atoms with E-state index in [0.717, 1.165) is 49.8 Å². The van der Waals surface area contributed by atoms with Gasteiger partial charge in [-0.3, -0.25) is 0 Å². The van der Waals surface area contributed by atoms with E-state index in [-0.39, 0.29) is 4.90 Å². The third-order valence-electron chi connectivity index (χ3n) is 9.92. The van der Waals surface area contributed by atoms with Crippen molar-refractivity contribution in [3.63, 3.8) is 0 Å². The number of rotatable bonds is 4. The lowest BCUT2D eigenvalue weighted by molar-refractivity contribution is 0.590. The van der Waals surface area contributed by atoms with Crippen LogP contribution in [0.4, 0.5) is 0 Å². The van der Waals surface area contributed by atoms with E-state index in [0.29, 0.717) is 11.0 Å². The summed E-state index contributed by atoms with van der Waals surface area (Å²) in [6, 6.07) is 53.1. The van der Waals surface area contributed by atoms with E-state index >= 15 is 0 Å². The van der Waals surface area contributed by atoms with Gasteiger partial charge in [-0.15, -0.1) is 0 Å². The molecule has 0 atom stereocenters. The molecule has 234 valence electrons. The Morgan fingerprint density at radius 3 is 1.14 bits per heavy atom. The fourth-order valence-corrected chi connectivity index (χ4v) is 9.24. The molecule has 0 radical (unpaired) electrons. The third kappa shape index (κ3) is 3.95. The molecule has 0 fully saturated rings. The molecule has 0 spiro atoms. The van der Waals surface area contributed by atoms with E-state index < -0.39 is 10.0 Å². The van der Waals surface area contributed by atoms with Crippen LogP contribution in [0.2, 0.25) is 0 Å². The number of aryl methyl sites for hydroxylation is 1. The molecular weight excluding hydrogens is 623 g/mol. The molecule has 5 nitrogen and oxygen atoms in total. The molecule has 3 heterocycles. The Kier molecular flexibility index (Phi) is 5.82. The molecule has 3 aromatic heterocycles. The summed E-state index contributed by atoms with van der Waals surface area (Å²) in [4.78, 5) is 0.259. The minimum Gasteiger partial charge on any atom is -0.309 e. The van der Waals surface area contributed by atoms with Crippen molar-refractivity contribution in [3.8, 4) is 11.4 Å². The summed E-state index contributed by atoms with van der Waals surface area (Å²) in [6.07, 6.45) is 0.